The second kappa shape index (κ2) is 8.93. The SMILES string of the molecule is CC(=O)c1ccc(NC(=O)NCCCOc2ccccc2Cl)cc1. The minimum atomic E-state index is -0.302. The van der Waals surface area contributed by atoms with Gasteiger partial charge in [-0.05, 0) is 49.7 Å². The number of ketones is 1. The van der Waals surface area contributed by atoms with Gasteiger partial charge in [-0.1, -0.05) is 23.7 Å². The van der Waals surface area contributed by atoms with E-state index in [0.717, 1.165) is 0 Å². The van der Waals surface area contributed by atoms with Gasteiger partial charge in [0.1, 0.15) is 5.75 Å². The molecular formula is C18H19ClN2O3. The van der Waals surface area contributed by atoms with Gasteiger partial charge in [-0.15, -0.1) is 0 Å². The van der Waals surface area contributed by atoms with Crippen LogP contribution in [0.3, 0.4) is 0 Å². The van der Waals surface area contributed by atoms with Crippen LogP contribution in [0.5, 0.6) is 5.75 Å². The van der Waals surface area contributed by atoms with Gasteiger partial charge in [0, 0.05) is 17.8 Å². The highest BCUT2D eigenvalue weighted by molar-refractivity contribution is 6.32. The molecule has 0 saturated carbocycles. The Morgan fingerprint density at radius 3 is 2.46 bits per heavy atom. The van der Waals surface area contributed by atoms with Crippen LogP contribution in [0.4, 0.5) is 10.5 Å². The molecule has 2 rings (SSSR count). The minimum Gasteiger partial charge on any atom is -0.492 e. The fourth-order valence-electron chi connectivity index (χ4n) is 1.98. The molecule has 0 saturated heterocycles. The molecule has 0 aliphatic carbocycles. The summed E-state index contributed by atoms with van der Waals surface area (Å²) in [6.45, 7) is 2.43. The normalized spacial score (nSPS) is 10.1. The van der Waals surface area contributed by atoms with E-state index < -0.39 is 0 Å². The summed E-state index contributed by atoms with van der Waals surface area (Å²) < 4.78 is 5.54. The molecule has 2 aromatic rings. The zero-order valence-electron chi connectivity index (χ0n) is 13.3. The zero-order chi connectivity index (χ0) is 17.4. The molecule has 0 fully saturated rings. The van der Waals surface area contributed by atoms with Gasteiger partial charge >= 0.3 is 6.03 Å². The van der Waals surface area contributed by atoms with Crippen molar-refractivity contribution in [2.75, 3.05) is 18.5 Å². The highest BCUT2D eigenvalue weighted by atomic mass is 35.5. The van der Waals surface area contributed by atoms with E-state index in [-0.39, 0.29) is 11.8 Å². The Balaban J connectivity index is 1.66. The van der Waals surface area contributed by atoms with Crippen LogP contribution >= 0.6 is 11.6 Å². The molecule has 2 N–H and O–H groups in total. The minimum absolute atomic E-state index is 0.00970. The monoisotopic (exact) mass is 346 g/mol. The van der Waals surface area contributed by atoms with Crippen LogP contribution in [-0.4, -0.2) is 25.0 Å². The standard InChI is InChI=1S/C18H19ClN2O3/c1-13(22)14-7-9-15(10-8-14)21-18(23)20-11-4-12-24-17-6-3-2-5-16(17)19/h2-3,5-10H,4,11-12H2,1H3,(H2,20,21,23). The fourth-order valence-corrected chi connectivity index (χ4v) is 2.17. The van der Waals surface area contributed by atoms with Crippen LogP contribution in [-0.2, 0) is 0 Å². The lowest BCUT2D eigenvalue weighted by atomic mass is 10.1. The van der Waals surface area contributed by atoms with Crippen LogP contribution in [0.25, 0.3) is 0 Å². The highest BCUT2D eigenvalue weighted by Gasteiger charge is 2.03. The summed E-state index contributed by atoms with van der Waals surface area (Å²) in [5, 5.41) is 6.01. The number of carbonyl (C=O) groups is 2. The second-order valence-electron chi connectivity index (χ2n) is 5.15. The zero-order valence-corrected chi connectivity index (χ0v) is 14.1. The number of para-hydroxylation sites is 1. The van der Waals surface area contributed by atoms with Crippen LogP contribution in [0, 0.1) is 0 Å². The van der Waals surface area contributed by atoms with Gasteiger partial charge in [0.05, 0.1) is 11.6 Å². The number of benzene rings is 2. The van der Waals surface area contributed by atoms with Crippen LogP contribution < -0.4 is 15.4 Å². The molecule has 2 aromatic carbocycles. The van der Waals surface area contributed by atoms with Gasteiger partial charge in [-0.2, -0.15) is 0 Å². The number of ether oxygens (including phenoxy) is 1. The van der Waals surface area contributed by atoms with E-state index in [2.05, 4.69) is 10.6 Å². The van der Waals surface area contributed by atoms with Gasteiger partial charge < -0.3 is 15.4 Å². The Morgan fingerprint density at radius 1 is 1.08 bits per heavy atom. The molecule has 6 heteroatoms. The summed E-state index contributed by atoms with van der Waals surface area (Å²) in [5.41, 5.74) is 1.24. The van der Waals surface area contributed by atoms with Gasteiger partial charge in [0.15, 0.2) is 5.78 Å². The molecule has 0 unspecified atom stereocenters. The van der Waals surface area contributed by atoms with Crippen molar-refractivity contribution in [3.05, 3.63) is 59.1 Å². The molecule has 5 nitrogen and oxygen atoms in total. The number of carbonyl (C=O) groups excluding carboxylic acids is 2. The van der Waals surface area contributed by atoms with E-state index in [9.17, 15) is 9.59 Å². The van der Waals surface area contributed by atoms with Crippen molar-refractivity contribution >= 4 is 29.1 Å². The third-order valence-corrected chi connectivity index (χ3v) is 3.56. The van der Waals surface area contributed by atoms with Crippen molar-refractivity contribution < 1.29 is 14.3 Å². The average molecular weight is 347 g/mol. The first kappa shape index (κ1) is 17.8. The number of hydrogen-bond acceptors (Lipinski definition) is 3. The first-order valence-electron chi connectivity index (χ1n) is 7.59. The first-order valence-corrected chi connectivity index (χ1v) is 7.97. The quantitative estimate of drug-likeness (QED) is 0.585. The summed E-state index contributed by atoms with van der Waals surface area (Å²) in [6.07, 6.45) is 0.655. The van der Waals surface area contributed by atoms with E-state index in [1.807, 2.05) is 12.1 Å². The van der Waals surface area contributed by atoms with Crippen molar-refractivity contribution in [1.82, 2.24) is 5.32 Å². The van der Waals surface area contributed by atoms with Gasteiger partial charge in [0.25, 0.3) is 0 Å². The maximum Gasteiger partial charge on any atom is 0.319 e. The van der Waals surface area contributed by atoms with Gasteiger partial charge in [-0.25, -0.2) is 4.79 Å². The Labute approximate surface area is 146 Å². The molecular weight excluding hydrogens is 328 g/mol. The first-order chi connectivity index (χ1) is 11.6. The van der Waals surface area contributed by atoms with Crippen LogP contribution in [0.15, 0.2) is 48.5 Å². The van der Waals surface area contributed by atoms with E-state index in [1.54, 1.807) is 36.4 Å². The van der Waals surface area contributed by atoms with E-state index in [0.29, 0.717) is 41.6 Å². The number of rotatable bonds is 7. The smallest absolute Gasteiger partial charge is 0.319 e. The molecule has 0 bridgehead atoms. The van der Waals surface area contributed by atoms with E-state index in [4.69, 9.17) is 16.3 Å². The number of hydrogen-bond donors (Lipinski definition) is 2. The summed E-state index contributed by atoms with van der Waals surface area (Å²) >= 11 is 5.98. The molecule has 0 spiro atoms. The van der Waals surface area contributed by atoms with Gasteiger partial charge in [0.2, 0.25) is 0 Å². The van der Waals surface area contributed by atoms with Crippen LogP contribution in [0.2, 0.25) is 5.02 Å². The van der Waals surface area contributed by atoms with Crippen molar-refractivity contribution in [3.63, 3.8) is 0 Å². The molecule has 0 heterocycles. The molecule has 0 aromatic heterocycles. The maximum absolute atomic E-state index is 11.8. The molecule has 126 valence electrons. The number of halogens is 1. The number of Topliss-reactive ketones (excluding diaryl/α,β-unsaturated/α-hetero) is 1. The lowest BCUT2D eigenvalue weighted by molar-refractivity contribution is 0.101. The number of nitrogens with one attached hydrogen (secondary N) is 2. The lowest BCUT2D eigenvalue weighted by Crippen LogP contribution is -2.30. The number of amides is 2. The molecule has 0 atom stereocenters. The van der Waals surface area contributed by atoms with Crippen molar-refractivity contribution in [3.8, 4) is 5.75 Å². The number of urea groups is 1. The maximum atomic E-state index is 11.8. The lowest BCUT2D eigenvalue weighted by Gasteiger charge is -2.09. The Kier molecular flexibility index (Phi) is 6.63. The topological polar surface area (TPSA) is 67.4 Å². The molecule has 24 heavy (non-hydrogen) atoms. The largest absolute Gasteiger partial charge is 0.492 e. The molecule has 0 radical (unpaired) electrons. The van der Waals surface area contributed by atoms with Crippen molar-refractivity contribution in [2.45, 2.75) is 13.3 Å². The summed E-state index contributed by atoms with van der Waals surface area (Å²) in [5.74, 6) is 0.624. The van der Waals surface area contributed by atoms with Crippen molar-refractivity contribution in [1.29, 1.82) is 0 Å². The average Bonchev–Trinajstić information content (AvgIpc) is 2.56. The van der Waals surface area contributed by atoms with E-state index >= 15 is 0 Å². The molecule has 0 aliphatic heterocycles. The predicted molar refractivity (Wildman–Crippen MR) is 95.0 cm³/mol. The van der Waals surface area contributed by atoms with Crippen LogP contribution in [0.1, 0.15) is 23.7 Å². The predicted octanol–water partition coefficient (Wildman–Crippen LogP) is 4.13. The highest BCUT2D eigenvalue weighted by Crippen LogP contribution is 2.22. The van der Waals surface area contributed by atoms with Gasteiger partial charge in [-0.3, -0.25) is 4.79 Å². The summed E-state index contributed by atoms with van der Waals surface area (Å²) in [6, 6.07) is 13.7. The summed E-state index contributed by atoms with van der Waals surface area (Å²) in [4.78, 5) is 23.0. The second-order valence-corrected chi connectivity index (χ2v) is 5.55. The molecule has 2 amide bonds. The summed E-state index contributed by atoms with van der Waals surface area (Å²) in [7, 11) is 0. The third kappa shape index (κ3) is 5.59. The third-order valence-electron chi connectivity index (χ3n) is 3.25. The van der Waals surface area contributed by atoms with E-state index in [1.165, 1.54) is 6.92 Å². The fraction of sp³-hybridized carbons (Fsp3) is 0.222. The Bertz CT molecular complexity index is 702. The molecule has 0 aliphatic rings. The Hall–Kier alpha value is -2.53. The van der Waals surface area contributed by atoms with Crippen molar-refractivity contribution in [2.24, 2.45) is 0 Å². The number of anilines is 1. The Morgan fingerprint density at radius 2 is 1.79 bits per heavy atom.